The van der Waals surface area contributed by atoms with E-state index in [4.69, 9.17) is 4.74 Å². The summed E-state index contributed by atoms with van der Waals surface area (Å²) in [5, 5.41) is 3.52. The van der Waals surface area contributed by atoms with Gasteiger partial charge >= 0.3 is 0 Å². The molecule has 1 aliphatic carbocycles. The summed E-state index contributed by atoms with van der Waals surface area (Å²) in [5.41, 5.74) is 0. The number of nitrogens with one attached hydrogen (secondary N) is 1. The predicted octanol–water partition coefficient (Wildman–Crippen LogP) is 0.467. The maximum absolute atomic E-state index is 5.36. The average molecular weight is 250 g/mol. The SMILES string of the molecule is c1cn(CCN2CCOCC2)c(CNC2CC2)n1. The van der Waals surface area contributed by atoms with Crippen molar-refractivity contribution in [1.29, 1.82) is 0 Å². The number of hydrogen-bond donors (Lipinski definition) is 1. The zero-order chi connectivity index (χ0) is 12.2. The van der Waals surface area contributed by atoms with Crippen LogP contribution in [0.3, 0.4) is 0 Å². The Morgan fingerprint density at radius 1 is 1.28 bits per heavy atom. The van der Waals surface area contributed by atoms with Crippen LogP contribution in [0.15, 0.2) is 12.4 Å². The van der Waals surface area contributed by atoms with Gasteiger partial charge < -0.3 is 14.6 Å². The molecule has 1 aliphatic heterocycles. The Morgan fingerprint density at radius 3 is 2.89 bits per heavy atom. The second-order valence-electron chi connectivity index (χ2n) is 5.15. The molecular formula is C13H22N4O. The number of hydrogen-bond acceptors (Lipinski definition) is 4. The molecule has 2 heterocycles. The number of nitrogens with zero attached hydrogens (tertiary/aromatic N) is 3. The van der Waals surface area contributed by atoms with Crippen molar-refractivity contribution >= 4 is 0 Å². The highest BCUT2D eigenvalue weighted by Gasteiger charge is 2.20. The normalized spacial score (nSPS) is 21.3. The molecule has 1 aromatic rings. The molecule has 5 heteroatoms. The van der Waals surface area contributed by atoms with Crippen molar-refractivity contribution in [3.8, 4) is 0 Å². The second-order valence-corrected chi connectivity index (χ2v) is 5.15. The highest BCUT2D eigenvalue weighted by molar-refractivity contribution is 4.94. The van der Waals surface area contributed by atoms with Crippen molar-refractivity contribution < 1.29 is 4.74 Å². The molecule has 1 N–H and O–H groups in total. The van der Waals surface area contributed by atoms with E-state index in [1.54, 1.807) is 0 Å². The van der Waals surface area contributed by atoms with Crippen molar-refractivity contribution in [2.75, 3.05) is 32.8 Å². The largest absolute Gasteiger partial charge is 0.379 e. The standard InChI is InChI=1S/C13H22N4O/c1-2-12(1)15-11-13-14-3-4-17(13)6-5-16-7-9-18-10-8-16/h3-4,12,15H,1-2,5-11H2. The Balaban J connectivity index is 1.46. The van der Waals surface area contributed by atoms with Gasteiger partial charge in [-0.15, -0.1) is 0 Å². The Hall–Kier alpha value is -0.910. The molecule has 18 heavy (non-hydrogen) atoms. The summed E-state index contributed by atoms with van der Waals surface area (Å²) >= 11 is 0. The molecule has 100 valence electrons. The molecule has 1 saturated carbocycles. The quantitative estimate of drug-likeness (QED) is 0.797. The first kappa shape index (κ1) is 12.1. The number of rotatable bonds is 6. The molecule has 0 amide bonds. The van der Waals surface area contributed by atoms with Crippen LogP contribution in [0.1, 0.15) is 18.7 Å². The van der Waals surface area contributed by atoms with E-state index in [0.717, 1.165) is 57.8 Å². The summed E-state index contributed by atoms with van der Waals surface area (Å²) in [7, 11) is 0. The minimum Gasteiger partial charge on any atom is -0.379 e. The topological polar surface area (TPSA) is 42.3 Å². The van der Waals surface area contributed by atoms with E-state index in [-0.39, 0.29) is 0 Å². The van der Waals surface area contributed by atoms with Crippen molar-refractivity contribution in [2.24, 2.45) is 0 Å². The highest BCUT2D eigenvalue weighted by atomic mass is 16.5. The Morgan fingerprint density at radius 2 is 2.11 bits per heavy atom. The molecule has 0 unspecified atom stereocenters. The van der Waals surface area contributed by atoms with Gasteiger partial charge in [-0.3, -0.25) is 4.90 Å². The smallest absolute Gasteiger partial charge is 0.122 e. The molecule has 0 radical (unpaired) electrons. The summed E-state index contributed by atoms with van der Waals surface area (Å²) < 4.78 is 7.63. The fourth-order valence-electron chi connectivity index (χ4n) is 2.31. The van der Waals surface area contributed by atoms with E-state index in [2.05, 4.69) is 26.0 Å². The predicted molar refractivity (Wildman–Crippen MR) is 69.3 cm³/mol. The van der Waals surface area contributed by atoms with E-state index < -0.39 is 0 Å². The third kappa shape index (κ3) is 3.31. The minimum absolute atomic E-state index is 0.745. The summed E-state index contributed by atoms with van der Waals surface area (Å²) in [6.45, 7) is 6.90. The fraction of sp³-hybridized carbons (Fsp3) is 0.769. The lowest BCUT2D eigenvalue weighted by molar-refractivity contribution is 0.0363. The lowest BCUT2D eigenvalue weighted by Crippen LogP contribution is -2.38. The fourth-order valence-corrected chi connectivity index (χ4v) is 2.31. The molecule has 0 atom stereocenters. The summed E-state index contributed by atoms with van der Waals surface area (Å²) in [4.78, 5) is 6.90. The summed E-state index contributed by atoms with van der Waals surface area (Å²) in [6, 6.07) is 0.745. The van der Waals surface area contributed by atoms with E-state index in [1.807, 2.05) is 6.20 Å². The third-order valence-corrected chi connectivity index (χ3v) is 3.69. The van der Waals surface area contributed by atoms with Crippen molar-refractivity contribution in [3.63, 3.8) is 0 Å². The van der Waals surface area contributed by atoms with Crippen LogP contribution in [0.25, 0.3) is 0 Å². The highest BCUT2D eigenvalue weighted by Crippen LogP contribution is 2.19. The van der Waals surface area contributed by atoms with Crippen LogP contribution in [0.4, 0.5) is 0 Å². The van der Waals surface area contributed by atoms with Gasteiger partial charge in [0.05, 0.1) is 19.8 Å². The molecule has 1 aromatic heterocycles. The van der Waals surface area contributed by atoms with Crippen LogP contribution in [0.5, 0.6) is 0 Å². The van der Waals surface area contributed by atoms with E-state index >= 15 is 0 Å². The van der Waals surface area contributed by atoms with E-state index in [0.29, 0.717) is 0 Å². The van der Waals surface area contributed by atoms with Crippen LogP contribution in [0.2, 0.25) is 0 Å². The molecule has 2 fully saturated rings. The first-order chi connectivity index (χ1) is 8.92. The van der Waals surface area contributed by atoms with Crippen LogP contribution >= 0.6 is 0 Å². The Labute approximate surface area is 108 Å². The van der Waals surface area contributed by atoms with Crippen molar-refractivity contribution in [1.82, 2.24) is 19.8 Å². The molecular weight excluding hydrogens is 228 g/mol. The van der Waals surface area contributed by atoms with Crippen LogP contribution in [0, 0.1) is 0 Å². The third-order valence-electron chi connectivity index (χ3n) is 3.69. The number of imidazole rings is 1. The first-order valence-electron chi connectivity index (χ1n) is 6.95. The minimum atomic E-state index is 0.745. The second kappa shape index (κ2) is 5.82. The molecule has 1 saturated heterocycles. The monoisotopic (exact) mass is 250 g/mol. The van der Waals surface area contributed by atoms with Gasteiger partial charge in [0.15, 0.2) is 0 Å². The molecule has 5 nitrogen and oxygen atoms in total. The van der Waals surface area contributed by atoms with Gasteiger partial charge in [-0.25, -0.2) is 4.98 Å². The van der Waals surface area contributed by atoms with Crippen molar-refractivity contribution in [2.45, 2.75) is 32.0 Å². The lowest BCUT2D eigenvalue weighted by atomic mass is 10.4. The van der Waals surface area contributed by atoms with E-state index in [9.17, 15) is 0 Å². The Bertz CT molecular complexity index is 369. The average Bonchev–Trinajstić information content (AvgIpc) is 3.14. The number of aromatic nitrogens is 2. The zero-order valence-corrected chi connectivity index (χ0v) is 10.8. The van der Waals surface area contributed by atoms with Gasteiger partial charge in [-0.2, -0.15) is 0 Å². The molecule has 0 spiro atoms. The maximum atomic E-state index is 5.36. The first-order valence-corrected chi connectivity index (χ1v) is 6.95. The van der Waals surface area contributed by atoms with Gasteiger partial charge in [-0.1, -0.05) is 0 Å². The number of morpholine rings is 1. The van der Waals surface area contributed by atoms with Gasteiger partial charge in [0.25, 0.3) is 0 Å². The van der Waals surface area contributed by atoms with Gasteiger partial charge in [0.2, 0.25) is 0 Å². The molecule has 2 aliphatic rings. The van der Waals surface area contributed by atoms with Crippen LogP contribution < -0.4 is 5.32 Å². The van der Waals surface area contributed by atoms with E-state index in [1.165, 1.54) is 12.8 Å². The molecule has 0 bridgehead atoms. The van der Waals surface area contributed by atoms with Crippen molar-refractivity contribution in [3.05, 3.63) is 18.2 Å². The number of ether oxygens (including phenoxy) is 1. The Kier molecular flexibility index (Phi) is 3.93. The molecule has 0 aromatic carbocycles. The lowest BCUT2D eigenvalue weighted by Gasteiger charge is -2.26. The van der Waals surface area contributed by atoms with Gasteiger partial charge in [0.1, 0.15) is 5.82 Å². The summed E-state index contributed by atoms with van der Waals surface area (Å²) in [6.07, 6.45) is 6.65. The maximum Gasteiger partial charge on any atom is 0.122 e. The van der Waals surface area contributed by atoms with Crippen LogP contribution in [-0.4, -0.2) is 53.3 Å². The van der Waals surface area contributed by atoms with Gasteiger partial charge in [-0.05, 0) is 12.8 Å². The van der Waals surface area contributed by atoms with Crippen LogP contribution in [-0.2, 0) is 17.8 Å². The summed E-state index contributed by atoms with van der Waals surface area (Å²) in [5.74, 6) is 1.16. The zero-order valence-electron chi connectivity index (χ0n) is 10.8. The molecule has 3 rings (SSSR count). The van der Waals surface area contributed by atoms with Gasteiger partial charge in [0, 0.05) is 44.6 Å².